The molecule has 3 amide bonds. The van der Waals surface area contributed by atoms with Crippen molar-refractivity contribution in [2.45, 2.75) is 19.4 Å². The number of benzene rings is 3. The van der Waals surface area contributed by atoms with Crippen molar-refractivity contribution in [2.75, 3.05) is 9.80 Å². The Labute approximate surface area is 192 Å². The highest BCUT2D eigenvalue weighted by Gasteiger charge is 2.30. The first-order valence-electron chi connectivity index (χ1n) is 10.4. The van der Waals surface area contributed by atoms with Crippen LogP contribution in [-0.2, 0) is 16.1 Å². The van der Waals surface area contributed by atoms with Gasteiger partial charge < -0.3 is 0 Å². The van der Waals surface area contributed by atoms with Crippen molar-refractivity contribution in [2.24, 2.45) is 0 Å². The topological polar surface area (TPSA) is 70.6 Å². The van der Waals surface area contributed by atoms with Gasteiger partial charge in [0.25, 0.3) is 5.91 Å². The molecule has 33 heavy (non-hydrogen) atoms. The molecule has 2 heterocycles. The molecule has 0 saturated carbocycles. The summed E-state index contributed by atoms with van der Waals surface area (Å²) in [4.78, 5) is 44.8. The molecule has 1 aromatic heterocycles. The van der Waals surface area contributed by atoms with Crippen LogP contribution in [-0.4, -0.2) is 22.7 Å². The number of carbonyl (C=O) groups excluding carboxylic acids is 3. The Morgan fingerprint density at radius 1 is 0.970 bits per heavy atom. The molecule has 4 aromatic rings. The molecule has 0 radical (unpaired) electrons. The van der Waals surface area contributed by atoms with E-state index in [1.807, 2.05) is 30.3 Å². The maximum absolute atomic E-state index is 13.7. The number of carbonyl (C=O) groups is 3. The third kappa shape index (κ3) is 4.12. The van der Waals surface area contributed by atoms with E-state index in [-0.39, 0.29) is 42.9 Å². The van der Waals surface area contributed by atoms with E-state index in [9.17, 15) is 18.8 Å². The number of nitrogens with zero attached hydrogens (tertiary/aromatic N) is 3. The summed E-state index contributed by atoms with van der Waals surface area (Å²) in [7, 11) is 0. The lowest BCUT2D eigenvalue weighted by atomic mass is 10.1. The van der Waals surface area contributed by atoms with Gasteiger partial charge in [-0.25, -0.2) is 9.37 Å². The van der Waals surface area contributed by atoms with Gasteiger partial charge in [0.05, 0.1) is 22.4 Å². The normalized spacial score (nSPS) is 13.7. The number of imide groups is 1. The zero-order valence-corrected chi connectivity index (χ0v) is 18.2. The standard InChI is InChI=1S/C25H18FN3O3S/c26-18-8-11-20-21(14-18)33-25(27-20)28(15-16-4-2-1-3-5-16)24(32)17-6-9-19(10-7-17)29-22(30)12-13-23(29)31/h1-11,14H,12-13,15H2. The van der Waals surface area contributed by atoms with Crippen molar-refractivity contribution in [1.82, 2.24) is 4.98 Å². The van der Waals surface area contributed by atoms with E-state index >= 15 is 0 Å². The number of anilines is 2. The van der Waals surface area contributed by atoms with Crippen molar-refractivity contribution < 1.29 is 18.8 Å². The van der Waals surface area contributed by atoms with Gasteiger partial charge in [0, 0.05) is 18.4 Å². The van der Waals surface area contributed by atoms with E-state index < -0.39 is 0 Å². The molecule has 0 unspecified atom stereocenters. The van der Waals surface area contributed by atoms with Crippen molar-refractivity contribution in [1.29, 1.82) is 0 Å². The Kier molecular flexibility index (Phi) is 5.43. The molecule has 1 saturated heterocycles. The Hall–Kier alpha value is -3.91. The molecule has 3 aromatic carbocycles. The first-order chi connectivity index (χ1) is 16.0. The van der Waals surface area contributed by atoms with Crippen LogP contribution in [0, 0.1) is 5.82 Å². The molecular formula is C25H18FN3O3S. The monoisotopic (exact) mass is 459 g/mol. The van der Waals surface area contributed by atoms with Crippen LogP contribution in [0.3, 0.4) is 0 Å². The zero-order chi connectivity index (χ0) is 22.9. The number of thiazole rings is 1. The third-order valence-electron chi connectivity index (χ3n) is 5.42. The molecule has 0 spiro atoms. The summed E-state index contributed by atoms with van der Waals surface area (Å²) in [5.41, 5.74) is 2.37. The van der Waals surface area contributed by atoms with Crippen LogP contribution in [0.25, 0.3) is 10.2 Å². The van der Waals surface area contributed by atoms with Crippen LogP contribution in [0.5, 0.6) is 0 Å². The van der Waals surface area contributed by atoms with Gasteiger partial charge in [0.2, 0.25) is 11.8 Å². The zero-order valence-electron chi connectivity index (χ0n) is 17.4. The lowest BCUT2D eigenvalue weighted by Gasteiger charge is -2.21. The molecule has 164 valence electrons. The fourth-order valence-corrected chi connectivity index (χ4v) is 4.76. The SMILES string of the molecule is O=C(c1ccc(N2C(=O)CCC2=O)cc1)N(Cc1ccccc1)c1nc2ccc(F)cc2s1. The van der Waals surface area contributed by atoms with Crippen LogP contribution >= 0.6 is 11.3 Å². The molecule has 0 bridgehead atoms. The molecule has 1 aliphatic rings. The fourth-order valence-electron chi connectivity index (χ4n) is 3.77. The van der Waals surface area contributed by atoms with Crippen molar-refractivity contribution >= 4 is 50.1 Å². The molecule has 6 nitrogen and oxygen atoms in total. The molecule has 5 rings (SSSR count). The highest BCUT2D eigenvalue weighted by molar-refractivity contribution is 7.22. The van der Waals surface area contributed by atoms with E-state index in [2.05, 4.69) is 4.98 Å². The Bertz CT molecular complexity index is 1350. The smallest absolute Gasteiger partial charge is 0.260 e. The fraction of sp³-hybridized carbons (Fsp3) is 0.120. The number of hydrogen-bond acceptors (Lipinski definition) is 5. The summed E-state index contributed by atoms with van der Waals surface area (Å²) in [5.74, 6) is -1.14. The van der Waals surface area contributed by atoms with Crippen LogP contribution in [0.15, 0.2) is 72.8 Å². The first kappa shape index (κ1) is 21.0. The average Bonchev–Trinajstić information content (AvgIpc) is 3.40. The number of aromatic nitrogens is 1. The van der Waals surface area contributed by atoms with Gasteiger partial charge >= 0.3 is 0 Å². The van der Waals surface area contributed by atoms with Gasteiger partial charge in [-0.15, -0.1) is 0 Å². The summed E-state index contributed by atoms with van der Waals surface area (Å²) in [6.07, 6.45) is 0.394. The largest absolute Gasteiger partial charge is 0.279 e. The number of amides is 3. The Morgan fingerprint density at radius 3 is 2.36 bits per heavy atom. The minimum absolute atomic E-state index is 0.197. The molecule has 0 aliphatic carbocycles. The second-order valence-corrected chi connectivity index (χ2v) is 8.66. The predicted molar refractivity (Wildman–Crippen MR) is 125 cm³/mol. The lowest BCUT2D eigenvalue weighted by Crippen LogP contribution is -2.31. The van der Waals surface area contributed by atoms with Crippen LogP contribution in [0.4, 0.5) is 15.2 Å². The summed E-state index contributed by atoms with van der Waals surface area (Å²) in [6.45, 7) is 0.285. The van der Waals surface area contributed by atoms with Crippen molar-refractivity contribution in [3.8, 4) is 0 Å². The summed E-state index contributed by atoms with van der Waals surface area (Å²) in [5, 5.41) is 0.457. The molecule has 0 N–H and O–H groups in total. The molecule has 1 fully saturated rings. The summed E-state index contributed by atoms with van der Waals surface area (Å²) >= 11 is 1.24. The van der Waals surface area contributed by atoms with E-state index in [0.29, 0.717) is 26.6 Å². The predicted octanol–water partition coefficient (Wildman–Crippen LogP) is 4.94. The minimum atomic E-state index is -0.361. The molecule has 1 aliphatic heterocycles. The molecule has 8 heteroatoms. The second-order valence-electron chi connectivity index (χ2n) is 7.66. The minimum Gasteiger partial charge on any atom is -0.279 e. The van der Waals surface area contributed by atoms with E-state index in [1.54, 1.807) is 35.2 Å². The van der Waals surface area contributed by atoms with Crippen LogP contribution < -0.4 is 9.80 Å². The highest BCUT2D eigenvalue weighted by Crippen LogP contribution is 2.32. The average molecular weight is 460 g/mol. The Balaban J connectivity index is 1.49. The lowest BCUT2D eigenvalue weighted by molar-refractivity contribution is -0.121. The summed E-state index contributed by atoms with van der Waals surface area (Å²) in [6, 6.07) is 20.3. The number of fused-ring (bicyclic) bond motifs is 1. The van der Waals surface area contributed by atoms with E-state index in [0.717, 1.165) is 10.5 Å². The molecule has 0 atom stereocenters. The van der Waals surface area contributed by atoms with Gasteiger partial charge in [-0.1, -0.05) is 41.7 Å². The second kappa shape index (κ2) is 8.55. The molecular weight excluding hydrogens is 441 g/mol. The van der Waals surface area contributed by atoms with Crippen LogP contribution in [0.1, 0.15) is 28.8 Å². The quantitative estimate of drug-likeness (QED) is 0.397. The Morgan fingerprint density at radius 2 is 1.67 bits per heavy atom. The van der Waals surface area contributed by atoms with Crippen LogP contribution in [0.2, 0.25) is 0 Å². The summed E-state index contributed by atoms with van der Waals surface area (Å²) < 4.78 is 14.3. The van der Waals surface area contributed by atoms with E-state index in [4.69, 9.17) is 0 Å². The van der Waals surface area contributed by atoms with Gasteiger partial charge in [-0.05, 0) is 48.0 Å². The number of hydrogen-bond donors (Lipinski definition) is 0. The van der Waals surface area contributed by atoms with Crippen molar-refractivity contribution in [3.05, 3.63) is 89.7 Å². The highest BCUT2D eigenvalue weighted by atomic mass is 32.1. The van der Waals surface area contributed by atoms with Crippen molar-refractivity contribution in [3.63, 3.8) is 0 Å². The van der Waals surface area contributed by atoms with Gasteiger partial charge in [-0.3, -0.25) is 24.2 Å². The third-order valence-corrected chi connectivity index (χ3v) is 6.46. The first-order valence-corrected chi connectivity index (χ1v) is 11.2. The maximum atomic E-state index is 13.7. The number of halogens is 1. The van der Waals surface area contributed by atoms with Gasteiger partial charge in [-0.2, -0.15) is 0 Å². The number of rotatable bonds is 5. The maximum Gasteiger partial charge on any atom is 0.260 e. The van der Waals surface area contributed by atoms with Gasteiger partial charge in [0.1, 0.15) is 5.82 Å². The van der Waals surface area contributed by atoms with Gasteiger partial charge in [0.15, 0.2) is 5.13 Å². The van der Waals surface area contributed by atoms with E-state index in [1.165, 1.54) is 23.5 Å².